The van der Waals surface area contributed by atoms with Crippen LogP contribution in [0.15, 0.2) is 53.7 Å². The van der Waals surface area contributed by atoms with E-state index in [0.717, 1.165) is 34.5 Å². The Morgan fingerprint density at radius 1 is 1.21 bits per heavy atom. The Hall–Kier alpha value is -3.52. The number of rotatable bonds is 3. The van der Waals surface area contributed by atoms with Crippen molar-refractivity contribution in [3.05, 3.63) is 59.3 Å². The maximum absolute atomic E-state index is 12.6. The monoisotopic (exact) mass is 388 g/mol. The van der Waals surface area contributed by atoms with Crippen molar-refractivity contribution in [3.8, 4) is 22.5 Å². The Morgan fingerprint density at radius 3 is 2.93 bits per heavy atom. The number of anilines is 1. The number of morpholine rings is 1. The molecule has 1 aliphatic rings. The minimum Gasteiger partial charge on any atom is -0.377 e. The topological polar surface area (TPSA) is 99.8 Å². The summed E-state index contributed by atoms with van der Waals surface area (Å²) < 4.78 is 5.59. The van der Waals surface area contributed by atoms with Crippen LogP contribution in [0, 0.1) is 0 Å². The van der Waals surface area contributed by atoms with E-state index in [1.165, 1.54) is 0 Å². The molecule has 4 aromatic heterocycles. The van der Waals surface area contributed by atoms with Crippen molar-refractivity contribution >= 4 is 16.7 Å². The lowest BCUT2D eigenvalue weighted by Crippen LogP contribution is -2.44. The van der Waals surface area contributed by atoms with E-state index in [1.807, 2.05) is 30.3 Å². The minimum atomic E-state index is -0.138. The van der Waals surface area contributed by atoms with Gasteiger partial charge < -0.3 is 14.6 Å². The van der Waals surface area contributed by atoms with Crippen molar-refractivity contribution in [3.63, 3.8) is 0 Å². The molecule has 0 amide bonds. The molecule has 8 heteroatoms. The van der Waals surface area contributed by atoms with Gasteiger partial charge in [-0.15, -0.1) is 0 Å². The Labute approximate surface area is 166 Å². The molecule has 4 aromatic rings. The number of nitrogens with one attached hydrogen (secondary N) is 2. The molecule has 0 saturated carbocycles. The number of aromatic amines is 2. The molecule has 146 valence electrons. The summed E-state index contributed by atoms with van der Waals surface area (Å²) in [5, 5.41) is 7.89. The first-order chi connectivity index (χ1) is 14.2. The molecule has 1 aliphatic heterocycles. The molecule has 1 fully saturated rings. The van der Waals surface area contributed by atoms with E-state index in [0.29, 0.717) is 24.5 Å². The minimum absolute atomic E-state index is 0.138. The smallest absolute Gasteiger partial charge is 0.255 e. The summed E-state index contributed by atoms with van der Waals surface area (Å²) in [7, 11) is 0. The van der Waals surface area contributed by atoms with E-state index < -0.39 is 0 Å². The fourth-order valence-electron chi connectivity index (χ4n) is 3.79. The van der Waals surface area contributed by atoms with Crippen LogP contribution in [0.3, 0.4) is 0 Å². The van der Waals surface area contributed by atoms with Gasteiger partial charge in [0.25, 0.3) is 5.56 Å². The van der Waals surface area contributed by atoms with Crippen molar-refractivity contribution in [2.75, 3.05) is 24.7 Å². The lowest BCUT2D eigenvalue weighted by Gasteiger charge is -2.34. The largest absolute Gasteiger partial charge is 0.377 e. The predicted octanol–water partition coefficient (Wildman–Crippen LogP) is 2.60. The van der Waals surface area contributed by atoms with Crippen LogP contribution in [-0.2, 0) is 4.74 Å². The highest BCUT2D eigenvalue weighted by Crippen LogP contribution is 2.34. The zero-order valence-corrected chi connectivity index (χ0v) is 15.9. The van der Waals surface area contributed by atoms with Crippen LogP contribution in [0.4, 0.5) is 5.82 Å². The third-order valence-electron chi connectivity index (χ3n) is 5.24. The highest BCUT2D eigenvalue weighted by molar-refractivity contribution is 6.01. The molecule has 0 radical (unpaired) electrons. The second-order valence-electron chi connectivity index (χ2n) is 7.08. The van der Waals surface area contributed by atoms with Crippen molar-refractivity contribution < 1.29 is 4.74 Å². The normalized spacial score (nSPS) is 17.0. The zero-order valence-electron chi connectivity index (χ0n) is 15.9. The van der Waals surface area contributed by atoms with Crippen LogP contribution in [-0.4, -0.2) is 50.9 Å². The third-order valence-corrected chi connectivity index (χ3v) is 5.24. The number of H-pyrrole nitrogens is 2. The van der Waals surface area contributed by atoms with Crippen LogP contribution < -0.4 is 10.5 Å². The highest BCUT2D eigenvalue weighted by atomic mass is 16.5. The van der Waals surface area contributed by atoms with Gasteiger partial charge in [0.1, 0.15) is 17.0 Å². The summed E-state index contributed by atoms with van der Waals surface area (Å²) in [4.78, 5) is 27.1. The molecule has 8 nitrogen and oxygen atoms in total. The van der Waals surface area contributed by atoms with Gasteiger partial charge in [0.05, 0.1) is 24.9 Å². The molecule has 0 unspecified atom stereocenters. The van der Waals surface area contributed by atoms with Gasteiger partial charge in [0.2, 0.25) is 0 Å². The van der Waals surface area contributed by atoms with Crippen LogP contribution >= 0.6 is 0 Å². The summed E-state index contributed by atoms with van der Waals surface area (Å²) in [6.45, 7) is 4.14. The number of fused-ring (bicyclic) bond motifs is 1. The van der Waals surface area contributed by atoms with Crippen molar-refractivity contribution in [2.45, 2.75) is 13.0 Å². The van der Waals surface area contributed by atoms with Gasteiger partial charge in [-0.3, -0.25) is 14.9 Å². The number of hydrogen-bond acceptors (Lipinski definition) is 6. The average Bonchev–Trinajstić information content (AvgIpc) is 3.28. The van der Waals surface area contributed by atoms with Crippen LogP contribution in [0.1, 0.15) is 6.92 Å². The van der Waals surface area contributed by atoms with Crippen LogP contribution in [0.2, 0.25) is 0 Å². The molecule has 5 heterocycles. The fraction of sp³-hybridized carbons (Fsp3) is 0.238. The summed E-state index contributed by atoms with van der Waals surface area (Å²) >= 11 is 0. The third kappa shape index (κ3) is 3.07. The SMILES string of the molecule is C[C@@H]1COCCN1c1cc(-c2ccc[nH]c2=O)c2ccnc(-c3ccn[nH]3)c2n1. The number of aromatic nitrogens is 5. The molecular formula is C21H20N6O2. The maximum Gasteiger partial charge on any atom is 0.255 e. The molecule has 29 heavy (non-hydrogen) atoms. The van der Waals surface area contributed by atoms with E-state index in [1.54, 1.807) is 18.6 Å². The second-order valence-corrected chi connectivity index (χ2v) is 7.08. The molecule has 2 N–H and O–H groups in total. The van der Waals surface area contributed by atoms with Crippen LogP contribution in [0.25, 0.3) is 33.4 Å². The molecule has 0 spiro atoms. The zero-order chi connectivity index (χ0) is 19.8. The van der Waals surface area contributed by atoms with Crippen molar-refractivity contribution in [1.29, 1.82) is 0 Å². The summed E-state index contributed by atoms with van der Waals surface area (Å²) in [5.74, 6) is 0.806. The molecule has 0 bridgehead atoms. The molecule has 0 aliphatic carbocycles. The number of ether oxygens (including phenoxy) is 1. The lowest BCUT2D eigenvalue weighted by atomic mass is 10.0. The summed E-state index contributed by atoms with van der Waals surface area (Å²) in [5.41, 5.74) is 3.50. The van der Waals surface area contributed by atoms with Gasteiger partial charge >= 0.3 is 0 Å². The second kappa shape index (κ2) is 7.14. The Bertz CT molecular complexity index is 1220. The Morgan fingerprint density at radius 2 is 2.14 bits per heavy atom. The van der Waals surface area contributed by atoms with Gasteiger partial charge in [-0.05, 0) is 37.3 Å². The molecule has 0 aromatic carbocycles. The first kappa shape index (κ1) is 17.6. The van der Waals surface area contributed by atoms with Gasteiger partial charge in [-0.1, -0.05) is 0 Å². The average molecular weight is 388 g/mol. The van der Waals surface area contributed by atoms with Gasteiger partial charge in [-0.25, -0.2) is 4.98 Å². The Kier molecular flexibility index (Phi) is 4.33. The number of pyridine rings is 3. The Balaban J connectivity index is 1.82. The first-order valence-electron chi connectivity index (χ1n) is 9.54. The predicted molar refractivity (Wildman–Crippen MR) is 111 cm³/mol. The van der Waals surface area contributed by atoms with Crippen LogP contribution in [0.5, 0.6) is 0 Å². The first-order valence-corrected chi connectivity index (χ1v) is 9.54. The van der Waals surface area contributed by atoms with Gasteiger partial charge in [0, 0.05) is 41.6 Å². The van der Waals surface area contributed by atoms with E-state index in [9.17, 15) is 4.79 Å². The fourth-order valence-corrected chi connectivity index (χ4v) is 3.79. The summed E-state index contributed by atoms with van der Waals surface area (Å²) in [6.07, 6.45) is 5.06. The van der Waals surface area contributed by atoms with Crippen molar-refractivity contribution in [2.24, 2.45) is 0 Å². The van der Waals surface area contributed by atoms with E-state index in [-0.39, 0.29) is 11.6 Å². The van der Waals surface area contributed by atoms with E-state index >= 15 is 0 Å². The molecular weight excluding hydrogens is 368 g/mol. The highest BCUT2D eigenvalue weighted by Gasteiger charge is 2.23. The molecule has 5 rings (SSSR count). The molecule has 1 saturated heterocycles. The maximum atomic E-state index is 12.6. The van der Waals surface area contributed by atoms with Gasteiger partial charge in [-0.2, -0.15) is 5.10 Å². The standard InChI is InChI=1S/C21H20N6O2/c1-13-12-29-10-9-27(13)18-11-16(15-3-2-6-23-21(15)28)14-4-7-22-20(19(14)25-18)17-5-8-24-26-17/h2-8,11,13H,9-10,12H2,1H3,(H,23,28)(H,24,26)/t13-/m1/s1. The lowest BCUT2D eigenvalue weighted by molar-refractivity contribution is 0.0986. The number of hydrogen-bond donors (Lipinski definition) is 2. The van der Waals surface area contributed by atoms with Gasteiger partial charge in [0.15, 0.2) is 0 Å². The molecule has 1 atom stereocenters. The quantitative estimate of drug-likeness (QED) is 0.560. The summed E-state index contributed by atoms with van der Waals surface area (Å²) in [6, 6.07) is 9.60. The van der Waals surface area contributed by atoms with E-state index in [4.69, 9.17) is 9.72 Å². The number of nitrogens with zero attached hydrogens (tertiary/aromatic N) is 4. The van der Waals surface area contributed by atoms with Crippen molar-refractivity contribution in [1.82, 2.24) is 25.1 Å². The van der Waals surface area contributed by atoms with E-state index in [2.05, 4.69) is 32.0 Å².